The Morgan fingerprint density at radius 3 is 2.59 bits per heavy atom. The highest BCUT2D eigenvalue weighted by Gasteiger charge is 2.41. The van der Waals surface area contributed by atoms with Gasteiger partial charge in [0, 0.05) is 42.9 Å². The van der Waals surface area contributed by atoms with Crippen molar-refractivity contribution in [3.8, 4) is 0 Å². The van der Waals surface area contributed by atoms with Crippen LogP contribution >= 0.6 is 15.9 Å². The molecule has 2 aromatic carbocycles. The molecular weight excluding hydrogens is 432 g/mol. The fourth-order valence-electron chi connectivity index (χ4n) is 4.23. The third-order valence-corrected chi connectivity index (χ3v) is 6.44. The van der Waals surface area contributed by atoms with E-state index in [1.807, 2.05) is 53.4 Å². The number of hydrogen-bond acceptors (Lipinski definition) is 3. The molecule has 2 heterocycles. The Balaban J connectivity index is 1.54. The zero-order chi connectivity index (χ0) is 20.3. The summed E-state index contributed by atoms with van der Waals surface area (Å²) in [6, 6.07) is 15.8. The van der Waals surface area contributed by atoms with Crippen LogP contribution in [0.4, 0.5) is 5.69 Å². The average molecular weight is 457 g/mol. The van der Waals surface area contributed by atoms with Crippen LogP contribution in [0.2, 0.25) is 0 Å². The second-order valence-electron chi connectivity index (χ2n) is 7.77. The van der Waals surface area contributed by atoms with Crippen LogP contribution in [0.1, 0.15) is 36.8 Å². The van der Waals surface area contributed by atoms with Gasteiger partial charge in [-0.3, -0.25) is 9.59 Å². The van der Waals surface area contributed by atoms with Crippen molar-refractivity contribution in [2.45, 2.75) is 37.6 Å². The van der Waals surface area contributed by atoms with Crippen molar-refractivity contribution in [1.82, 2.24) is 4.90 Å². The number of anilines is 1. The Labute approximate surface area is 179 Å². The van der Waals surface area contributed by atoms with Gasteiger partial charge in [-0.05, 0) is 54.7 Å². The molecule has 2 aliphatic rings. The molecule has 5 nitrogen and oxygen atoms in total. The monoisotopic (exact) mass is 456 g/mol. The SMILES string of the molecule is O=C1CCCN1Cc1cccc(NC(=O)C2(c3ccc(Br)cc3)CCOCC2)c1. The lowest BCUT2D eigenvalue weighted by molar-refractivity contribution is -0.128. The summed E-state index contributed by atoms with van der Waals surface area (Å²) in [5.41, 5.74) is 2.21. The van der Waals surface area contributed by atoms with Gasteiger partial charge in [-0.1, -0.05) is 40.2 Å². The van der Waals surface area contributed by atoms with E-state index in [2.05, 4.69) is 21.2 Å². The van der Waals surface area contributed by atoms with Crippen LogP contribution in [0.15, 0.2) is 53.0 Å². The molecule has 0 unspecified atom stereocenters. The number of halogens is 1. The molecule has 0 radical (unpaired) electrons. The smallest absolute Gasteiger partial charge is 0.235 e. The standard InChI is InChI=1S/C23H25BrN2O3/c24-19-8-6-18(7-9-19)23(10-13-29-14-11-23)22(28)25-20-4-1-3-17(15-20)16-26-12-2-5-21(26)27/h1,3-4,6-9,15H,2,5,10-14,16H2,(H,25,28). The van der Waals surface area contributed by atoms with Gasteiger partial charge in [-0.25, -0.2) is 0 Å². The van der Waals surface area contributed by atoms with Crippen LogP contribution in [0.5, 0.6) is 0 Å². The van der Waals surface area contributed by atoms with Gasteiger partial charge < -0.3 is 15.0 Å². The van der Waals surface area contributed by atoms with Gasteiger partial charge >= 0.3 is 0 Å². The molecule has 2 fully saturated rings. The first-order chi connectivity index (χ1) is 14.1. The first kappa shape index (κ1) is 20.1. The normalized spacial score (nSPS) is 18.7. The maximum atomic E-state index is 13.4. The zero-order valence-electron chi connectivity index (χ0n) is 16.3. The summed E-state index contributed by atoms with van der Waals surface area (Å²) < 4.78 is 6.54. The maximum absolute atomic E-state index is 13.4. The molecule has 1 N–H and O–H groups in total. The van der Waals surface area contributed by atoms with Gasteiger partial charge in [0.15, 0.2) is 0 Å². The fraction of sp³-hybridized carbons (Fsp3) is 0.391. The predicted octanol–water partition coefficient (Wildman–Crippen LogP) is 4.26. The van der Waals surface area contributed by atoms with E-state index >= 15 is 0 Å². The fourth-order valence-corrected chi connectivity index (χ4v) is 4.49. The highest BCUT2D eigenvalue weighted by molar-refractivity contribution is 9.10. The minimum absolute atomic E-state index is 0.00230. The van der Waals surface area contributed by atoms with Gasteiger partial charge in [0.05, 0.1) is 5.41 Å². The largest absolute Gasteiger partial charge is 0.381 e. The van der Waals surface area contributed by atoms with E-state index in [1.54, 1.807) is 0 Å². The quantitative estimate of drug-likeness (QED) is 0.730. The Bertz CT molecular complexity index is 891. The van der Waals surface area contributed by atoms with E-state index in [9.17, 15) is 9.59 Å². The van der Waals surface area contributed by atoms with Gasteiger partial charge in [0.1, 0.15) is 0 Å². The highest BCUT2D eigenvalue weighted by atomic mass is 79.9. The summed E-state index contributed by atoms with van der Waals surface area (Å²) in [7, 11) is 0. The van der Waals surface area contributed by atoms with Gasteiger partial charge in [-0.15, -0.1) is 0 Å². The number of rotatable bonds is 5. The van der Waals surface area contributed by atoms with Gasteiger partial charge in [0.25, 0.3) is 0 Å². The summed E-state index contributed by atoms with van der Waals surface area (Å²) >= 11 is 3.47. The van der Waals surface area contributed by atoms with E-state index in [0.717, 1.165) is 34.3 Å². The molecule has 0 aliphatic carbocycles. The van der Waals surface area contributed by atoms with Crippen LogP contribution in [-0.2, 0) is 26.3 Å². The lowest BCUT2D eigenvalue weighted by atomic mass is 9.73. The topological polar surface area (TPSA) is 58.6 Å². The zero-order valence-corrected chi connectivity index (χ0v) is 17.9. The number of carbonyl (C=O) groups excluding carboxylic acids is 2. The summed E-state index contributed by atoms with van der Waals surface area (Å²) in [4.78, 5) is 27.2. The van der Waals surface area contributed by atoms with Crippen molar-refractivity contribution >= 4 is 33.4 Å². The van der Waals surface area contributed by atoms with Crippen molar-refractivity contribution in [3.05, 3.63) is 64.1 Å². The first-order valence-electron chi connectivity index (χ1n) is 10.1. The van der Waals surface area contributed by atoms with E-state index in [-0.39, 0.29) is 11.8 Å². The summed E-state index contributed by atoms with van der Waals surface area (Å²) in [6.07, 6.45) is 2.87. The number of benzene rings is 2. The molecule has 0 saturated carbocycles. The lowest BCUT2D eigenvalue weighted by Crippen LogP contribution is -2.44. The number of carbonyl (C=O) groups is 2. The maximum Gasteiger partial charge on any atom is 0.235 e. The molecule has 0 bridgehead atoms. The van der Waals surface area contributed by atoms with Crippen LogP contribution in [0, 0.1) is 0 Å². The van der Waals surface area contributed by atoms with Gasteiger partial charge in [-0.2, -0.15) is 0 Å². The number of nitrogens with one attached hydrogen (secondary N) is 1. The first-order valence-corrected chi connectivity index (χ1v) is 10.9. The summed E-state index contributed by atoms with van der Waals surface area (Å²) in [5, 5.41) is 3.13. The molecule has 0 spiro atoms. The Hall–Kier alpha value is -2.18. The predicted molar refractivity (Wildman–Crippen MR) is 116 cm³/mol. The van der Waals surface area contributed by atoms with E-state index < -0.39 is 5.41 Å². The van der Waals surface area contributed by atoms with Crippen LogP contribution in [-0.4, -0.2) is 36.5 Å². The summed E-state index contributed by atoms with van der Waals surface area (Å²) in [6.45, 7) is 2.54. The molecule has 2 aromatic rings. The number of likely N-dealkylation sites (tertiary alicyclic amines) is 1. The molecule has 2 aliphatic heterocycles. The van der Waals surface area contributed by atoms with Crippen molar-refractivity contribution < 1.29 is 14.3 Å². The molecule has 152 valence electrons. The van der Waals surface area contributed by atoms with Crippen molar-refractivity contribution in [2.24, 2.45) is 0 Å². The van der Waals surface area contributed by atoms with E-state index in [0.29, 0.717) is 39.0 Å². The number of nitrogens with zero attached hydrogens (tertiary/aromatic N) is 1. The highest BCUT2D eigenvalue weighted by Crippen LogP contribution is 2.37. The Morgan fingerprint density at radius 2 is 1.90 bits per heavy atom. The second-order valence-corrected chi connectivity index (χ2v) is 8.69. The number of amides is 2. The molecule has 2 amide bonds. The van der Waals surface area contributed by atoms with Crippen molar-refractivity contribution in [3.63, 3.8) is 0 Å². The molecule has 29 heavy (non-hydrogen) atoms. The van der Waals surface area contributed by atoms with Crippen LogP contribution in [0.25, 0.3) is 0 Å². The van der Waals surface area contributed by atoms with E-state index in [1.165, 1.54) is 0 Å². The molecule has 0 atom stereocenters. The van der Waals surface area contributed by atoms with Gasteiger partial charge in [0.2, 0.25) is 11.8 Å². The van der Waals surface area contributed by atoms with Crippen molar-refractivity contribution in [2.75, 3.05) is 25.1 Å². The average Bonchev–Trinajstić information content (AvgIpc) is 3.13. The molecule has 6 heteroatoms. The molecule has 4 rings (SSSR count). The minimum atomic E-state index is -0.597. The minimum Gasteiger partial charge on any atom is -0.381 e. The van der Waals surface area contributed by atoms with Crippen LogP contribution in [0.3, 0.4) is 0 Å². The Kier molecular flexibility index (Phi) is 6.01. The third kappa shape index (κ3) is 4.38. The lowest BCUT2D eigenvalue weighted by Gasteiger charge is -2.36. The Morgan fingerprint density at radius 1 is 1.14 bits per heavy atom. The molecular formula is C23H25BrN2O3. The molecule has 0 aromatic heterocycles. The second kappa shape index (κ2) is 8.67. The number of ether oxygens (including phenoxy) is 1. The number of hydrogen-bond donors (Lipinski definition) is 1. The van der Waals surface area contributed by atoms with Crippen molar-refractivity contribution in [1.29, 1.82) is 0 Å². The molecule has 2 saturated heterocycles. The summed E-state index contributed by atoms with van der Waals surface area (Å²) in [5.74, 6) is 0.202. The van der Waals surface area contributed by atoms with Crippen LogP contribution < -0.4 is 5.32 Å². The third-order valence-electron chi connectivity index (χ3n) is 5.91. The van der Waals surface area contributed by atoms with E-state index in [4.69, 9.17) is 4.74 Å².